The molecule has 5 nitrogen and oxygen atoms in total. The van der Waals surface area contributed by atoms with Gasteiger partial charge in [-0.3, -0.25) is 4.98 Å². The molecule has 3 rings (SSSR count). The lowest BCUT2D eigenvalue weighted by Crippen LogP contribution is -2.46. The quantitative estimate of drug-likeness (QED) is 0.913. The molecule has 1 aromatic heterocycles. The third kappa shape index (κ3) is 2.54. The molecule has 6 heteroatoms. The van der Waals surface area contributed by atoms with Crippen molar-refractivity contribution in [3.8, 4) is 0 Å². The van der Waals surface area contributed by atoms with Crippen molar-refractivity contribution in [1.82, 2.24) is 9.29 Å². The molecule has 1 aromatic carbocycles. The lowest BCUT2D eigenvalue weighted by molar-refractivity contribution is 0.223. The fraction of sp³-hybridized carbons (Fsp3) is 0.400. The number of hydrogen-bond donors (Lipinski definition) is 1. The van der Waals surface area contributed by atoms with Crippen LogP contribution in [0.25, 0.3) is 10.8 Å². The van der Waals surface area contributed by atoms with E-state index in [2.05, 4.69) is 4.98 Å². The Kier molecular flexibility index (Phi) is 3.93. The Morgan fingerprint density at radius 2 is 2.10 bits per heavy atom. The zero-order chi connectivity index (χ0) is 14.9. The number of aromatic nitrogens is 1. The van der Waals surface area contributed by atoms with Crippen LogP contribution in [-0.2, 0) is 10.0 Å². The maximum Gasteiger partial charge on any atom is 0.243 e. The number of nitrogens with zero attached hydrogens (tertiary/aromatic N) is 2. The molecule has 21 heavy (non-hydrogen) atoms. The first kappa shape index (κ1) is 14.4. The Hall–Kier alpha value is -1.50. The fourth-order valence-corrected chi connectivity index (χ4v) is 4.66. The molecular formula is C15H19N3O2S. The van der Waals surface area contributed by atoms with E-state index in [0.29, 0.717) is 23.4 Å². The van der Waals surface area contributed by atoms with E-state index in [9.17, 15) is 8.42 Å². The Morgan fingerprint density at radius 3 is 2.76 bits per heavy atom. The van der Waals surface area contributed by atoms with Gasteiger partial charge in [-0.15, -0.1) is 0 Å². The summed E-state index contributed by atoms with van der Waals surface area (Å²) in [5, 5.41) is 1.55. The molecule has 1 fully saturated rings. The first-order chi connectivity index (χ1) is 10.1. The van der Waals surface area contributed by atoms with Crippen LogP contribution in [0.4, 0.5) is 0 Å². The summed E-state index contributed by atoms with van der Waals surface area (Å²) in [5.74, 6) is 0. The monoisotopic (exact) mass is 305 g/mol. The van der Waals surface area contributed by atoms with E-state index in [4.69, 9.17) is 5.73 Å². The van der Waals surface area contributed by atoms with Gasteiger partial charge in [-0.25, -0.2) is 8.42 Å². The first-order valence-corrected chi connectivity index (χ1v) is 8.63. The van der Waals surface area contributed by atoms with Crippen LogP contribution in [0.5, 0.6) is 0 Å². The van der Waals surface area contributed by atoms with Crippen LogP contribution in [0.3, 0.4) is 0 Å². The SMILES string of the molecule is NCCN(C1CCC1)S(=O)(=O)c1cccc2cnccc12. The topological polar surface area (TPSA) is 76.3 Å². The summed E-state index contributed by atoms with van der Waals surface area (Å²) in [7, 11) is -3.52. The highest BCUT2D eigenvalue weighted by Gasteiger charge is 2.34. The second-order valence-corrected chi connectivity index (χ2v) is 7.20. The number of pyridine rings is 1. The first-order valence-electron chi connectivity index (χ1n) is 7.19. The highest BCUT2D eigenvalue weighted by molar-refractivity contribution is 7.89. The van der Waals surface area contributed by atoms with Crippen molar-refractivity contribution in [2.24, 2.45) is 5.73 Å². The maximum atomic E-state index is 13.0. The van der Waals surface area contributed by atoms with Crippen LogP contribution in [-0.4, -0.2) is 36.8 Å². The predicted octanol–water partition coefficient (Wildman–Crippen LogP) is 1.74. The van der Waals surface area contributed by atoms with Crippen molar-refractivity contribution in [3.63, 3.8) is 0 Å². The Bertz CT molecular complexity index is 736. The molecule has 1 saturated carbocycles. The van der Waals surface area contributed by atoms with Crippen LogP contribution < -0.4 is 5.73 Å². The molecule has 1 aliphatic carbocycles. The van der Waals surface area contributed by atoms with Gasteiger partial charge in [0.1, 0.15) is 0 Å². The van der Waals surface area contributed by atoms with Crippen molar-refractivity contribution in [2.45, 2.75) is 30.2 Å². The normalized spacial score (nSPS) is 16.3. The van der Waals surface area contributed by atoms with Crippen LogP contribution in [0, 0.1) is 0 Å². The van der Waals surface area contributed by atoms with Crippen LogP contribution in [0.1, 0.15) is 19.3 Å². The minimum atomic E-state index is -3.52. The third-order valence-corrected chi connectivity index (χ3v) is 6.07. The van der Waals surface area contributed by atoms with Crippen molar-refractivity contribution in [1.29, 1.82) is 0 Å². The summed E-state index contributed by atoms with van der Waals surface area (Å²) in [6, 6.07) is 7.15. The molecule has 1 heterocycles. The summed E-state index contributed by atoms with van der Waals surface area (Å²) in [6.45, 7) is 0.705. The van der Waals surface area contributed by atoms with Gasteiger partial charge in [-0.1, -0.05) is 18.6 Å². The molecule has 0 radical (unpaired) electrons. The molecule has 0 atom stereocenters. The van der Waals surface area contributed by atoms with Crippen LogP contribution in [0.2, 0.25) is 0 Å². The van der Waals surface area contributed by atoms with Gasteiger partial charge in [0.25, 0.3) is 0 Å². The van der Waals surface area contributed by atoms with Gasteiger partial charge in [0.05, 0.1) is 4.90 Å². The van der Waals surface area contributed by atoms with Gasteiger partial charge in [0, 0.05) is 42.3 Å². The summed E-state index contributed by atoms with van der Waals surface area (Å²) in [5.41, 5.74) is 5.62. The second kappa shape index (κ2) is 5.71. The van der Waals surface area contributed by atoms with Crippen molar-refractivity contribution in [3.05, 3.63) is 36.7 Å². The minimum absolute atomic E-state index is 0.0932. The van der Waals surface area contributed by atoms with Crippen LogP contribution >= 0.6 is 0 Å². The lowest BCUT2D eigenvalue weighted by Gasteiger charge is -2.36. The average molecular weight is 305 g/mol. The lowest BCUT2D eigenvalue weighted by atomic mass is 9.93. The largest absolute Gasteiger partial charge is 0.329 e. The number of sulfonamides is 1. The Morgan fingerprint density at radius 1 is 1.29 bits per heavy atom. The van der Waals surface area contributed by atoms with Gasteiger partial charge in [0.2, 0.25) is 10.0 Å². The molecule has 0 bridgehead atoms. The molecule has 0 saturated heterocycles. The minimum Gasteiger partial charge on any atom is -0.329 e. The van der Waals surface area contributed by atoms with E-state index in [1.807, 2.05) is 6.07 Å². The third-order valence-electron chi connectivity index (χ3n) is 4.06. The molecule has 0 amide bonds. The Labute approximate surface area is 124 Å². The second-order valence-electron chi connectivity index (χ2n) is 5.34. The van der Waals surface area contributed by atoms with Gasteiger partial charge >= 0.3 is 0 Å². The number of hydrogen-bond acceptors (Lipinski definition) is 4. The highest BCUT2D eigenvalue weighted by Crippen LogP contribution is 2.32. The molecule has 0 unspecified atom stereocenters. The Balaban J connectivity index is 2.10. The van der Waals surface area contributed by atoms with E-state index < -0.39 is 10.0 Å². The van der Waals surface area contributed by atoms with Crippen LogP contribution in [0.15, 0.2) is 41.6 Å². The summed E-state index contributed by atoms with van der Waals surface area (Å²) in [4.78, 5) is 4.40. The molecule has 0 aliphatic heterocycles. The molecule has 2 aromatic rings. The summed E-state index contributed by atoms with van der Waals surface area (Å²) < 4.78 is 27.6. The number of nitrogens with two attached hydrogens (primary N) is 1. The van der Waals surface area contributed by atoms with Crippen molar-refractivity contribution < 1.29 is 8.42 Å². The number of fused-ring (bicyclic) bond motifs is 1. The molecule has 0 spiro atoms. The van der Waals surface area contributed by atoms with Crippen molar-refractivity contribution >= 4 is 20.8 Å². The van der Waals surface area contributed by atoms with E-state index >= 15 is 0 Å². The van der Waals surface area contributed by atoms with E-state index in [1.165, 1.54) is 0 Å². The molecule has 2 N–H and O–H groups in total. The molecule has 1 aliphatic rings. The fourth-order valence-electron chi connectivity index (χ4n) is 2.75. The van der Waals surface area contributed by atoms with Gasteiger partial charge in [-0.2, -0.15) is 4.31 Å². The summed E-state index contributed by atoms with van der Waals surface area (Å²) >= 11 is 0. The smallest absolute Gasteiger partial charge is 0.243 e. The van der Waals surface area contributed by atoms with Gasteiger partial charge in [-0.05, 0) is 25.0 Å². The number of benzene rings is 1. The van der Waals surface area contributed by atoms with E-state index in [-0.39, 0.29) is 6.04 Å². The average Bonchev–Trinajstić information content (AvgIpc) is 2.44. The van der Waals surface area contributed by atoms with E-state index in [0.717, 1.165) is 24.6 Å². The standard InChI is InChI=1S/C15H19N3O2S/c16-8-10-18(13-4-2-5-13)21(19,20)15-6-1-3-12-11-17-9-7-14(12)15/h1,3,6-7,9,11,13H,2,4-5,8,10,16H2. The highest BCUT2D eigenvalue weighted by atomic mass is 32.2. The maximum absolute atomic E-state index is 13.0. The molecular weight excluding hydrogens is 286 g/mol. The predicted molar refractivity (Wildman–Crippen MR) is 82.3 cm³/mol. The van der Waals surface area contributed by atoms with Gasteiger partial charge < -0.3 is 5.73 Å². The van der Waals surface area contributed by atoms with Gasteiger partial charge in [0.15, 0.2) is 0 Å². The zero-order valence-corrected chi connectivity index (χ0v) is 12.6. The van der Waals surface area contributed by atoms with E-state index in [1.54, 1.807) is 34.9 Å². The number of rotatable bonds is 5. The van der Waals surface area contributed by atoms with Crippen molar-refractivity contribution in [2.75, 3.05) is 13.1 Å². The summed E-state index contributed by atoms with van der Waals surface area (Å²) in [6.07, 6.45) is 6.24. The molecule has 112 valence electrons. The zero-order valence-electron chi connectivity index (χ0n) is 11.8.